The molecule has 2 rings (SSSR count). The summed E-state index contributed by atoms with van der Waals surface area (Å²) in [5, 5.41) is 3.94. The molecule has 4 heteroatoms. The van der Waals surface area contributed by atoms with E-state index in [1.54, 1.807) is 0 Å². The highest BCUT2D eigenvalue weighted by atomic mass is 16.5. The lowest BCUT2D eigenvalue weighted by Crippen LogP contribution is -2.40. The topological polar surface area (TPSA) is 50.5 Å². The average Bonchev–Trinajstić information content (AvgIpc) is 2.65. The van der Waals surface area contributed by atoms with Gasteiger partial charge in [-0.15, -0.1) is 0 Å². The van der Waals surface area contributed by atoms with Crippen LogP contribution in [0.3, 0.4) is 0 Å². The second-order valence-electron chi connectivity index (χ2n) is 7.76. The highest BCUT2D eigenvalue weighted by Crippen LogP contribution is 2.28. The summed E-state index contributed by atoms with van der Waals surface area (Å²) >= 11 is 0. The lowest BCUT2D eigenvalue weighted by atomic mass is 9.82. The first-order chi connectivity index (χ1) is 11.9. The van der Waals surface area contributed by atoms with Crippen molar-refractivity contribution in [1.82, 2.24) is 10.2 Å². The van der Waals surface area contributed by atoms with Crippen LogP contribution in [0, 0.1) is 5.92 Å². The van der Waals surface area contributed by atoms with E-state index in [-0.39, 0.29) is 0 Å². The number of nitrogens with one attached hydrogen (secondary N) is 1. The second-order valence-corrected chi connectivity index (χ2v) is 7.76. The Bertz CT molecular complexity index is 289. The van der Waals surface area contributed by atoms with Crippen LogP contribution in [0.4, 0.5) is 0 Å². The highest BCUT2D eigenvalue weighted by Gasteiger charge is 2.22. The fraction of sp³-hybridized carbons (Fsp3) is 1.00. The van der Waals surface area contributed by atoms with Gasteiger partial charge < -0.3 is 15.8 Å². The van der Waals surface area contributed by atoms with Gasteiger partial charge in [0.2, 0.25) is 0 Å². The molecular weight excluding hydrogens is 298 g/mol. The van der Waals surface area contributed by atoms with Crippen LogP contribution in [0.2, 0.25) is 0 Å². The molecule has 1 saturated heterocycles. The van der Waals surface area contributed by atoms with E-state index >= 15 is 0 Å². The van der Waals surface area contributed by atoms with Crippen molar-refractivity contribution in [3.05, 3.63) is 0 Å². The number of morpholine rings is 1. The standard InChI is InChI=1S/C20H41N3O/c21-12-7-2-1-6-11-20(19-9-4-3-5-10-19)22-13-8-14-23-15-17-24-18-16-23/h19-20,22H,1-18,21H2. The summed E-state index contributed by atoms with van der Waals surface area (Å²) in [6.07, 6.45) is 15.1. The molecule has 24 heavy (non-hydrogen) atoms. The van der Waals surface area contributed by atoms with Crippen LogP contribution in [-0.2, 0) is 4.74 Å². The quantitative estimate of drug-likeness (QED) is 0.536. The Morgan fingerprint density at radius 1 is 0.958 bits per heavy atom. The van der Waals surface area contributed by atoms with Crippen molar-refractivity contribution in [2.75, 3.05) is 45.9 Å². The summed E-state index contributed by atoms with van der Waals surface area (Å²) in [4.78, 5) is 2.55. The third-order valence-corrected chi connectivity index (χ3v) is 5.85. The van der Waals surface area contributed by atoms with Gasteiger partial charge >= 0.3 is 0 Å². The van der Waals surface area contributed by atoms with E-state index < -0.39 is 0 Å². The van der Waals surface area contributed by atoms with Gasteiger partial charge in [0, 0.05) is 19.1 Å². The van der Waals surface area contributed by atoms with E-state index in [9.17, 15) is 0 Å². The van der Waals surface area contributed by atoms with E-state index in [0.717, 1.165) is 44.8 Å². The van der Waals surface area contributed by atoms with E-state index in [1.165, 1.54) is 83.7 Å². The molecule has 1 aliphatic heterocycles. The fourth-order valence-electron chi connectivity index (χ4n) is 4.32. The van der Waals surface area contributed by atoms with E-state index in [0.29, 0.717) is 0 Å². The maximum absolute atomic E-state index is 5.61. The Balaban J connectivity index is 1.62. The zero-order chi connectivity index (χ0) is 16.9. The van der Waals surface area contributed by atoms with Gasteiger partial charge in [-0.05, 0) is 57.7 Å². The molecule has 0 spiro atoms. The van der Waals surface area contributed by atoms with Crippen LogP contribution in [0.15, 0.2) is 0 Å². The number of nitrogens with two attached hydrogens (primary N) is 1. The van der Waals surface area contributed by atoms with Gasteiger partial charge in [0.25, 0.3) is 0 Å². The van der Waals surface area contributed by atoms with Gasteiger partial charge in [0.15, 0.2) is 0 Å². The molecule has 2 aliphatic rings. The Morgan fingerprint density at radius 2 is 1.71 bits per heavy atom. The van der Waals surface area contributed by atoms with Crippen molar-refractivity contribution in [1.29, 1.82) is 0 Å². The number of rotatable bonds is 12. The van der Waals surface area contributed by atoms with Gasteiger partial charge in [-0.1, -0.05) is 38.5 Å². The minimum Gasteiger partial charge on any atom is -0.379 e. The maximum Gasteiger partial charge on any atom is 0.0594 e. The van der Waals surface area contributed by atoms with Crippen molar-refractivity contribution in [2.45, 2.75) is 76.7 Å². The summed E-state index contributed by atoms with van der Waals surface area (Å²) < 4.78 is 5.43. The van der Waals surface area contributed by atoms with Gasteiger partial charge in [0.1, 0.15) is 0 Å². The third-order valence-electron chi connectivity index (χ3n) is 5.85. The Kier molecular flexibility index (Phi) is 11.0. The van der Waals surface area contributed by atoms with Crippen LogP contribution in [0.25, 0.3) is 0 Å². The molecule has 1 atom stereocenters. The lowest BCUT2D eigenvalue weighted by molar-refractivity contribution is 0.0372. The van der Waals surface area contributed by atoms with E-state index in [4.69, 9.17) is 10.5 Å². The smallest absolute Gasteiger partial charge is 0.0594 e. The molecule has 0 bridgehead atoms. The van der Waals surface area contributed by atoms with Crippen LogP contribution in [0.1, 0.15) is 70.6 Å². The molecule has 0 aromatic rings. The second kappa shape index (κ2) is 13.1. The summed E-state index contributed by atoms with van der Waals surface area (Å²) in [5.41, 5.74) is 5.61. The average molecular weight is 340 g/mol. The van der Waals surface area contributed by atoms with Crippen molar-refractivity contribution < 1.29 is 4.74 Å². The Hall–Kier alpha value is -0.160. The largest absolute Gasteiger partial charge is 0.379 e. The summed E-state index contributed by atoms with van der Waals surface area (Å²) in [5.74, 6) is 0.927. The molecule has 3 N–H and O–H groups in total. The molecule has 0 amide bonds. The normalized spacial score (nSPS) is 21.9. The zero-order valence-corrected chi connectivity index (χ0v) is 15.8. The first-order valence-electron chi connectivity index (χ1n) is 10.6. The maximum atomic E-state index is 5.61. The fourth-order valence-corrected chi connectivity index (χ4v) is 4.32. The summed E-state index contributed by atoms with van der Waals surface area (Å²) in [6, 6.07) is 0.757. The van der Waals surface area contributed by atoms with Gasteiger partial charge in [-0.2, -0.15) is 0 Å². The van der Waals surface area contributed by atoms with Gasteiger partial charge in [0.05, 0.1) is 13.2 Å². The molecule has 142 valence electrons. The van der Waals surface area contributed by atoms with Crippen LogP contribution >= 0.6 is 0 Å². The predicted octanol–water partition coefficient (Wildman–Crippen LogP) is 3.16. The monoisotopic (exact) mass is 339 g/mol. The van der Waals surface area contributed by atoms with Crippen molar-refractivity contribution in [2.24, 2.45) is 11.7 Å². The molecule has 4 nitrogen and oxygen atoms in total. The minimum atomic E-state index is 0.757. The molecule has 1 unspecified atom stereocenters. The summed E-state index contributed by atoms with van der Waals surface area (Å²) in [6.45, 7) is 7.33. The molecular formula is C20H41N3O. The lowest BCUT2D eigenvalue weighted by Gasteiger charge is -2.32. The Labute approximate surface area is 149 Å². The Morgan fingerprint density at radius 3 is 2.46 bits per heavy atom. The number of hydrogen-bond acceptors (Lipinski definition) is 4. The first-order valence-corrected chi connectivity index (χ1v) is 10.6. The van der Waals surface area contributed by atoms with Crippen LogP contribution < -0.4 is 11.1 Å². The van der Waals surface area contributed by atoms with Crippen molar-refractivity contribution in [3.8, 4) is 0 Å². The number of nitrogens with zero attached hydrogens (tertiary/aromatic N) is 1. The SMILES string of the molecule is NCCCCCCC(NCCCN1CCOCC1)C1CCCCC1. The van der Waals surface area contributed by atoms with Crippen LogP contribution in [0.5, 0.6) is 0 Å². The zero-order valence-electron chi connectivity index (χ0n) is 15.8. The molecule has 1 saturated carbocycles. The van der Waals surface area contributed by atoms with Gasteiger partial charge in [-0.3, -0.25) is 4.90 Å². The molecule has 0 radical (unpaired) electrons. The molecule has 1 heterocycles. The molecule has 0 aromatic carbocycles. The third kappa shape index (κ3) is 8.28. The van der Waals surface area contributed by atoms with Crippen molar-refractivity contribution >= 4 is 0 Å². The number of unbranched alkanes of at least 4 members (excludes halogenated alkanes) is 3. The first kappa shape index (κ1) is 20.2. The number of ether oxygens (including phenoxy) is 1. The number of hydrogen-bond donors (Lipinski definition) is 2. The van der Waals surface area contributed by atoms with E-state index in [2.05, 4.69) is 10.2 Å². The molecule has 2 fully saturated rings. The minimum absolute atomic E-state index is 0.757. The highest BCUT2D eigenvalue weighted by molar-refractivity contribution is 4.79. The van der Waals surface area contributed by atoms with Crippen LogP contribution in [-0.4, -0.2) is 56.9 Å². The predicted molar refractivity (Wildman–Crippen MR) is 102 cm³/mol. The molecule has 1 aliphatic carbocycles. The van der Waals surface area contributed by atoms with E-state index in [1.807, 2.05) is 0 Å². The molecule has 0 aromatic heterocycles. The van der Waals surface area contributed by atoms with Gasteiger partial charge in [-0.25, -0.2) is 0 Å². The summed E-state index contributed by atoms with van der Waals surface area (Å²) in [7, 11) is 0. The van der Waals surface area contributed by atoms with Crippen molar-refractivity contribution in [3.63, 3.8) is 0 Å².